The summed E-state index contributed by atoms with van der Waals surface area (Å²) in [5, 5.41) is 1.00. The van der Waals surface area contributed by atoms with Crippen molar-refractivity contribution in [3.8, 4) is 11.5 Å². The highest BCUT2D eigenvalue weighted by Crippen LogP contribution is 2.34. The summed E-state index contributed by atoms with van der Waals surface area (Å²) in [5.41, 5.74) is 1.01. The summed E-state index contributed by atoms with van der Waals surface area (Å²) in [6.07, 6.45) is -0.936. The molecule has 0 N–H and O–H groups in total. The molecule has 2 aromatic carbocycles. The van der Waals surface area contributed by atoms with Gasteiger partial charge in [-0.2, -0.15) is 0 Å². The van der Waals surface area contributed by atoms with Gasteiger partial charge in [-0.3, -0.25) is 4.79 Å². The van der Waals surface area contributed by atoms with Crippen molar-refractivity contribution in [1.82, 2.24) is 9.88 Å². The molecule has 2 atom stereocenters. The van der Waals surface area contributed by atoms with Gasteiger partial charge < -0.3 is 19.3 Å². The average Bonchev–Trinajstić information content (AvgIpc) is 3.16. The van der Waals surface area contributed by atoms with Gasteiger partial charge >= 0.3 is 0 Å². The molecule has 1 saturated heterocycles. The van der Waals surface area contributed by atoms with Crippen LogP contribution in [0, 0.1) is 0 Å². The fourth-order valence-electron chi connectivity index (χ4n) is 3.71. The smallest absolute Gasteiger partial charge is 0.267 e. The van der Waals surface area contributed by atoms with Crippen LogP contribution in [-0.4, -0.2) is 54.2 Å². The van der Waals surface area contributed by atoms with Crippen LogP contribution in [0.25, 0.3) is 10.2 Å². The van der Waals surface area contributed by atoms with E-state index in [1.165, 1.54) is 0 Å². The van der Waals surface area contributed by atoms with Gasteiger partial charge in [-0.15, -0.1) is 0 Å². The number of carbonyl (C=O) groups excluding carboxylic acids is 1. The number of benzene rings is 2. The van der Waals surface area contributed by atoms with Gasteiger partial charge in [0.1, 0.15) is 6.10 Å². The third kappa shape index (κ3) is 3.55. The SMILES string of the molecule is CC1Oc2ccccc2OC1C(=O)N1CCN(c2nc3ccc(Br)cc3s2)CC1. The minimum absolute atomic E-state index is 0.0140. The van der Waals surface area contributed by atoms with Crippen molar-refractivity contribution in [2.75, 3.05) is 31.1 Å². The summed E-state index contributed by atoms with van der Waals surface area (Å²) in [6.45, 7) is 4.68. The van der Waals surface area contributed by atoms with E-state index in [9.17, 15) is 4.79 Å². The minimum Gasteiger partial charge on any atom is -0.482 e. The first kappa shape index (κ1) is 18.7. The van der Waals surface area contributed by atoms with E-state index in [2.05, 4.69) is 26.9 Å². The van der Waals surface area contributed by atoms with Gasteiger partial charge in [0, 0.05) is 30.7 Å². The van der Waals surface area contributed by atoms with E-state index >= 15 is 0 Å². The van der Waals surface area contributed by atoms with Crippen LogP contribution in [-0.2, 0) is 4.79 Å². The molecule has 29 heavy (non-hydrogen) atoms. The van der Waals surface area contributed by atoms with Gasteiger partial charge in [0.15, 0.2) is 16.6 Å². The molecule has 8 heteroatoms. The molecular weight excluding hydrogens is 454 g/mol. The summed E-state index contributed by atoms with van der Waals surface area (Å²) >= 11 is 5.20. The molecule has 150 valence electrons. The Hall–Kier alpha value is -2.32. The van der Waals surface area contributed by atoms with Gasteiger partial charge in [-0.1, -0.05) is 39.4 Å². The summed E-state index contributed by atoms with van der Waals surface area (Å²) < 4.78 is 14.1. The average molecular weight is 474 g/mol. The van der Waals surface area contributed by atoms with Gasteiger partial charge in [-0.05, 0) is 37.3 Å². The number of para-hydroxylation sites is 2. The van der Waals surface area contributed by atoms with Crippen LogP contribution < -0.4 is 14.4 Å². The summed E-state index contributed by atoms with van der Waals surface area (Å²) in [4.78, 5) is 22.0. The number of halogens is 1. The first-order chi connectivity index (χ1) is 14.1. The molecule has 0 saturated carbocycles. The van der Waals surface area contributed by atoms with Crippen molar-refractivity contribution in [1.29, 1.82) is 0 Å². The maximum Gasteiger partial charge on any atom is 0.267 e. The van der Waals surface area contributed by atoms with Gasteiger partial charge in [-0.25, -0.2) is 4.98 Å². The van der Waals surface area contributed by atoms with Gasteiger partial charge in [0.25, 0.3) is 5.91 Å². The van der Waals surface area contributed by atoms with Crippen molar-refractivity contribution in [3.63, 3.8) is 0 Å². The Morgan fingerprint density at radius 1 is 1.10 bits per heavy atom. The van der Waals surface area contributed by atoms with E-state index < -0.39 is 6.10 Å². The van der Waals surface area contributed by atoms with Crippen LogP contribution in [0.4, 0.5) is 5.13 Å². The molecule has 0 aliphatic carbocycles. The summed E-state index contributed by atoms with van der Waals surface area (Å²) in [7, 11) is 0. The van der Waals surface area contributed by atoms with Crippen LogP contribution in [0.3, 0.4) is 0 Å². The lowest BCUT2D eigenvalue weighted by molar-refractivity contribution is -0.144. The highest BCUT2D eigenvalue weighted by molar-refractivity contribution is 9.10. The Bertz CT molecular complexity index is 1060. The second kappa shape index (κ2) is 7.50. The predicted octanol–water partition coefficient (Wildman–Crippen LogP) is 3.94. The number of anilines is 1. The van der Waals surface area contributed by atoms with Crippen LogP contribution in [0.2, 0.25) is 0 Å². The van der Waals surface area contributed by atoms with Gasteiger partial charge in [0.2, 0.25) is 6.10 Å². The van der Waals surface area contributed by atoms with E-state index in [0.717, 1.165) is 32.9 Å². The molecule has 0 spiro atoms. The molecule has 3 aromatic rings. The number of hydrogen-bond acceptors (Lipinski definition) is 6. The van der Waals surface area contributed by atoms with Crippen molar-refractivity contribution in [2.24, 2.45) is 0 Å². The maximum atomic E-state index is 13.1. The minimum atomic E-state index is -0.615. The Kier molecular flexibility index (Phi) is 4.83. The van der Waals surface area contributed by atoms with Crippen LogP contribution in [0.15, 0.2) is 46.9 Å². The van der Waals surface area contributed by atoms with E-state index in [1.54, 1.807) is 11.3 Å². The second-order valence-electron chi connectivity index (χ2n) is 7.23. The van der Waals surface area contributed by atoms with Crippen molar-refractivity contribution < 1.29 is 14.3 Å². The fraction of sp³-hybridized carbons (Fsp3) is 0.333. The van der Waals surface area contributed by atoms with E-state index in [1.807, 2.05) is 48.2 Å². The Balaban J connectivity index is 1.26. The number of ether oxygens (including phenoxy) is 2. The number of nitrogens with zero attached hydrogens (tertiary/aromatic N) is 3. The molecule has 1 aromatic heterocycles. The maximum absolute atomic E-state index is 13.1. The largest absolute Gasteiger partial charge is 0.482 e. The van der Waals surface area contributed by atoms with Crippen molar-refractivity contribution >= 4 is 48.5 Å². The molecule has 3 heterocycles. The summed E-state index contributed by atoms with van der Waals surface area (Å²) in [5.74, 6) is 1.31. The Labute approximate surface area is 181 Å². The third-order valence-electron chi connectivity index (χ3n) is 5.29. The number of carbonyl (C=O) groups is 1. The number of thiazole rings is 1. The van der Waals surface area contributed by atoms with Crippen molar-refractivity contribution in [3.05, 3.63) is 46.9 Å². The topological polar surface area (TPSA) is 54.9 Å². The monoisotopic (exact) mass is 473 g/mol. The Morgan fingerprint density at radius 2 is 1.83 bits per heavy atom. The molecule has 2 aliphatic heterocycles. The van der Waals surface area contributed by atoms with E-state index in [4.69, 9.17) is 14.5 Å². The molecule has 2 unspecified atom stereocenters. The quantitative estimate of drug-likeness (QED) is 0.564. The first-order valence-corrected chi connectivity index (χ1v) is 11.2. The number of aromatic nitrogens is 1. The third-order valence-corrected chi connectivity index (χ3v) is 6.86. The van der Waals surface area contributed by atoms with Crippen molar-refractivity contribution in [2.45, 2.75) is 19.1 Å². The second-order valence-corrected chi connectivity index (χ2v) is 9.15. The lowest BCUT2D eigenvalue weighted by Gasteiger charge is -2.38. The lowest BCUT2D eigenvalue weighted by atomic mass is 10.1. The molecule has 0 bridgehead atoms. The van der Waals surface area contributed by atoms with Crippen LogP contribution >= 0.6 is 27.3 Å². The number of hydrogen-bond donors (Lipinski definition) is 0. The van der Waals surface area contributed by atoms with E-state index in [0.29, 0.717) is 24.6 Å². The zero-order valence-electron chi connectivity index (χ0n) is 15.9. The molecular formula is C21H20BrN3O3S. The zero-order valence-corrected chi connectivity index (χ0v) is 18.3. The fourth-order valence-corrected chi connectivity index (χ4v) is 5.28. The molecule has 2 aliphatic rings. The lowest BCUT2D eigenvalue weighted by Crippen LogP contribution is -2.56. The first-order valence-electron chi connectivity index (χ1n) is 9.61. The molecule has 1 amide bonds. The summed E-state index contributed by atoms with van der Waals surface area (Å²) in [6, 6.07) is 13.6. The molecule has 5 rings (SSSR count). The number of amides is 1. The standard InChI is InChI=1S/C21H20BrN3O3S/c1-13-19(28-17-5-3-2-4-16(17)27-13)20(26)24-8-10-25(11-9-24)21-23-15-7-6-14(22)12-18(15)29-21/h2-7,12-13,19H,8-11H2,1H3. The molecule has 1 fully saturated rings. The molecule has 0 radical (unpaired) electrons. The zero-order chi connectivity index (χ0) is 20.0. The molecule has 6 nitrogen and oxygen atoms in total. The Morgan fingerprint density at radius 3 is 2.59 bits per heavy atom. The van der Waals surface area contributed by atoms with Crippen LogP contribution in [0.1, 0.15) is 6.92 Å². The normalized spacial score (nSPS) is 21.4. The highest BCUT2D eigenvalue weighted by Gasteiger charge is 2.37. The predicted molar refractivity (Wildman–Crippen MR) is 117 cm³/mol. The highest BCUT2D eigenvalue weighted by atomic mass is 79.9. The number of piperazine rings is 1. The van der Waals surface area contributed by atoms with Crippen LogP contribution in [0.5, 0.6) is 11.5 Å². The number of rotatable bonds is 2. The van der Waals surface area contributed by atoms with E-state index in [-0.39, 0.29) is 12.0 Å². The van der Waals surface area contributed by atoms with Gasteiger partial charge in [0.05, 0.1) is 10.2 Å². The number of fused-ring (bicyclic) bond motifs is 2.